The van der Waals surface area contributed by atoms with Crippen LogP contribution in [-0.2, 0) is 0 Å². The molecule has 4 aromatic rings. The lowest BCUT2D eigenvalue weighted by atomic mass is 10.1. The lowest BCUT2D eigenvalue weighted by molar-refractivity contribution is 0.475. The molecule has 0 bridgehead atoms. The zero-order valence-corrected chi connectivity index (χ0v) is 12.9. The number of hydrogen-bond acceptors (Lipinski definition) is 5. The van der Waals surface area contributed by atoms with Gasteiger partial charge >= 0.3 is 0 Å². The SMILES string of the molecule is Cc1nc(N=c2cc(-c3ccccc3)oc3ccc(O)cc23)n[nH]1. The van der Waals surface area contributed by atoms with Gasteiger partial charge < -0.3 is 9.52 Å². The summed E-state index contributed by atoms with van der Waals surface area (Å²) >= 11 is 0. The molecule has 0 radical (unpaired) electrons. The first-order valence-electron chi connectivity index (χ1n) is 7.45. The maximum absolute atomic E-state index is 9.79. The Balaban J connectivity index is 2.02. The van der Waals surface area contributed by atoms with E-state index < -0.39 is 0 Å². The average Bonchev–Trinajstić information content (AvgIpc) is 3.01. The molecule has 4 rings (SSSR count). The van der Waals surface area contributed by atoms with Crippen molar-refractivity contribution in [2.24, 2.45) is 4.99 Å². The Morgan fingerprint density at radius 3 is 2.67 bits per heavy atom. The van der Waals surface area contributed by atoms with Gasteiger partial charge in [-0.1, -0.05) is 30.3 Å². The van der Waals surface area contributed by atoms with E-state index in [1.165, 1.54) is 0 Å². The highest BCUT2D eigenvalue weighted by atomic mass is 16.3. The summed E-state index contributed by atoms with van der Waals surface area (Å²) in [6, 6.07) is 16.5. The maximum atomic E-state index is 9.79. The second-order valence-corrected chi connectivity index (χ2v) is 5.38. The summed E-state index contributed by atoms with van der Waals surface area (Å²) in [5.41, 5.74) is 1.57. The van der Waals surface area contributed by atoms with Crippen molar-refractivity contribution in [3.05, 3.63) is 65.8 Å². The quantitative estimate of drug-likeness (QED) is 0.592. The highest BCUT2D eigenvalue weighted by Gasteiger charge is 2.07. The molecule has 6 heteroatoms. The largest absolute Gasteiger partial charge is 0.508 e. The molecule has 0 amide bonds. The Labute approximate surface area is 137 Å². The molecule has 118 valence electrons. The molecule has 0 spiro atoms. The summed E-state index contributed by atoms with van der Waals surface area (Å²) in [6.45, 7) is 1.81. The van der Waals surface area contributed by atoms with Crippen molar-refractivity contribution in [1.29, 1.82) is 0 Å². The normalized spacial score (nSPS) is 12.0. The highest BCUT2D eigenvalue weighted by molar-refractivity contribution is 5.80. The molecule has 24 heavy (non-hydrogen) atoms. The van der Waals surface area contributed by atoms with Gasteiger partial charge in [-0.15, -0.1) is 5.10 Å². The Morgan fingerprint density at radius 2 is 1.92 bits per heavy atom. The van der Waals surface area contributed by atoms with Crippen molar-refractivity contribution in [2.75, 3.05) is 0 Å². The third kappa shape index (κ3) is 2.65. The van der Waals surface area contributed by atoms with Crippen LogP contribution >= 0.6 is 0 Å². The molecule has 0 aliphatic carbocycles. The van der Waals surface area contributed by atoms with Crippen molar-refractivity contribution in [3.63, 3.8) is 0 Å². The van der Waals surface area contributed by atoms with Crippen molar-refractivity contribution in [1.82, 2.24) is 15.2 Å². The van der Waals surface area contributed by atoms with Crippen molar-refractivity contribution < 1.29 is 9.52 Å². The second kappa shape index (κ2) is 5.66. The highest BCUT2D eigenvalue weighted by Crippen LogP contribution is 2.24. The van der Waals surface area contributed by atoms with Crippen LogP contribution in [0.2, 0.25) is 0 Å². The molecule has 0 atom stereocenters. The first-order chi connectivity index (χ1) is 11.7. The number of nitrogens with one attached hydrogen (secondary N) is 1. The topological polar surface area (TPSA) is 87.3 Å². The van der Waals surface area contributed by atoms with E-state index >= 15 is 0 Å². The minimum absolute atomic E-state index is 0.146. The first-order valence-corrected chi connectivity index (χ1v) is 7.45. The van der Waals surface area contributed by atoms with Crippen LogP contribution in [0.1, 0.15) is 5.82 Å². The molecular weight excluding hydrogens is 304 g/mol. The number of aromatic amines is 1. The van der Waals surface area contributed by atoms with Crippen molar-refractivity contribution in [3.8, 4) is 17.1 Å². The van der Waals surface area contributed by atoms with Gasteiger partial charge in [-0.3, -0.25) is 5.10 Å². The van der Waals surface area contributed by atoms with Gasteiger partial charge in [-0.25, -0.2) is 4.99 Å². The molecule has 0 unspecified atom stereocenters. The zero-order valence-electron chi connectivity index (χ0n) is 12.9. The summed E-state index contributed by atoms with van der Waals surface area (Å²) in [5.74, 6) is 1.85. The van der Waals surface area contributed by atoms with E-state index in [-0.39, 0.29) is 5.75 Å². The van der Waals surface area contributed by atoms with Gasteiger partial charge in [-0.2, -0.15) is 4.98 Å². The fourth-order valence-corrected chi connectivity index (χ4v) is 2.48. The molecule has 2 aromatic carbocycles. The molecule has 0 saturated heterocycles. The predicted molar refractivity (Wildman–Crippen MR) is 89.7 cm³/mol. The smallest absolute Gasteiger partial charge is 0.268 e. The zero-order chi connectivity index (χ0) is 16.5. The third-order valence-electron chi connectivity index (χ3n) is 3.59. The van der Waals surface area contributed by atoms with Gasteiger partial charge in [0.15, 0.2) is 0 Å². The third-order valence-corrected chi connectivity index (χ3v) is 3.59. The van der Waals surface area contributed by atoms with Crippen LogP contribution in [0.5, 0.6) is 5.75 Å². The van der Waals surface area contributed by atoms with E-state index in [2.05, 4.69) is 20.2 Å². The van der Waals surface area contributed by atoms with Gasteiger partial charge in [0.05, 0.1) is 5.36 Å². The molecule has 0 aliphatic rings. The summed E-state index contributed by atoms with van der Waals surface area (Å²) in [4.78, 5) is 8.70. The summed E-state index contributed by atoms with van der Waals surface area (Å²) in [6.07, 6.45) is 0. The lowest BCUT2D eigenvalue weighted by Crippen LogP contribution is -2.03. The molecule has 2 N–H and O–H groups in total. The van der Waals surface area contributed by atoms with E-state index in [9.17, 15) is 5.11 Å². The summed E-state index contributed by atoms with van der Waals surface area (Å²) in [5, 5.41) is 17.9. The van der Waals surface area contributed by atoms with Gasteiger partial charge in [0.1, 0.15) is 22.9 Å². The lowest BCUT2D eigenvalue weighted by Gasteiger charge is -2.05. The minimum atomic E-state index is 0.146. The number of phenols is 1. The molecule has 0 aliphatic heterocycles. The number of phenolic OH excluding ortho intramolecular Hbond substituents is 1. The van der Waals surface area contributed by atoms with E-state index in [0.29, 0.717) is 33.9 Å². The van der Waals surface area contributed by atoms with Crippen LogP contribution in [0.15, 0.2) is 64.0 Å². The van der Waals surface area contributed by atoms with Crippen LogP contribution in [-0.4, -0.2) is 20.3 Å². The number of rotatable bonds is 2. The van der Waals surface area contributed by atoms with Gasteiger partial charge in [-0.05, 0) is 25.1 Å². The minimum Gasteiger partial charge on any atom is -0.508 e. The predicted octanol–water partition coefficient (Wildman–Crippen LogP) is 3.46. The number of fused-ring (bicyclic) bond motifs is 1. The number of aryl methyl sites for hydroxylation is 1. The Kier molecular flexibility index (Phi) is 3.35. The average molecular weight is 318 g/mol. The number of aromatic nitrogens is 3. The van der Waals surface area contributed by atoms with Crippen LogP contribution in [0, 0.1) is 6.92 Å². The molecule has 2 aromatic heterocycles. The van der Waals surface area contributed by atoms with Crippen LogP contribution < -0.4 is 5.36 Å². The summed E-state index contributed by atoms with van der Waals surface area (Å²) < 4.78 is 5.97. The first kappa shape index (κ1) is 14.2. The number of hydrogen-bond donors (Lipinski definition) is 2. The van der Waals surface area contributed by atoms with Crippen LogP contribution in [0.3, 0.4) is 0 Å². The molecule has 2 heterocycles. The maximum Gasteiger partial charge on any atom is 0.268 e. The molecule has 0 saturated carbocycles. The van der Waals surface area contributed by atoms with Crippen molar-refractivity contribution in [2.45, 2.75) is 6.92 Å². The molecule has 0 fully saturated rings. The van der Waals surface area contributed by atoms with Crippen LogP contribution in [0.4, 0.5) is 5.95 Å². The fraction of sp³-hybridized carbons (Fsp3) is 0.0556. The Hall–Kier alpha value is -3.41. The molecule has 6 nitrogen and oxygen atoms in total. The standard InChI is InChI=1S/C18H14N4O2/c1-11-19-18(22-21-11)20-15-10-17(12-5-3-2-4-6-12)24-16-8-7-13(23)9-14(15)16/h2-10,23H,1H3,(H,19,21,22). The molecular formula is C18H14N4O2. The van der Waals surface area contributed by atoms with Crippen molar-refractivity contribution >= 4 is 16.9 Å². The van der Waals surface area contributed by atoms with Gasteiger partial charge in [0, 0.05) is 17.0 Å². The monoisotopic (exact) mass is 318 g/mol. The Bertz CT molecular complexity index is 1080. The number of aromatic hydroxyl groups is 1. The number of nitrogens with zero attached hydrogens (tertiary/aromatic N) is 3. The van der Waals surface area contributed by atoms with Gasteiger partial charge in [0.25, 0.3) is 5.95 Å². The van der Waals surface area contributed by atoms with Gasteiger partial charge in [0.2, 0.25) is 0 Å². The fourth-order valence-electron chi connectivity index (χ4n) is 2.48. The number of benzene rings is 2. The summed E-state index contributed by atoms with van der Waals surface area (Å²) in [7, 11) is 0. The number of H-pyrrole nitrogens is 1. The van der Waals surface area contributed by atoms with E-state index in [0.717, 1.165) is 5.56 Å². The Morgan fingerprint density at radius 1 is 1.08 bits per heavy atom. The second-order valence-electron chi connectivity index (χ2n) is 5.38. The van der Waals surface area contributed by atoms with Crippen LogP contribution in [0.25, 0.3) is 22.3 Å². The van der Waals surface area contributed by atoms with E-state index in [1.807, 2.05) is 43.3 Å². The van der Waals surface area contributed by atoms with E-state index in [4.69, 9.17) is 4.42 Å². The van der Waals surface area contributed by atoms with E-state index in [1.54, 1.807) is 18.2 Å².